The van der Waals surface area contributed by atoms with Gasteiger partial charge in [-0.25, -0.2) is 0 Å². The summed E-state index contributed by atoms with van der Waals surface area (Å²) in [5, 5.41) is 0. The molecule has 0 unspecified atom stereocenters. The first kappa shape index (κ1) is 22.8. The largest absolute Gasteiger partial charge is 0.492 e. The van der Waals surface area contributed by atoms with Gasteiger partial charge in [0.05, 0.1) is 7.11 Å². The Balaban J connectivity index is 1.48. The molecule has 0 aromatic heterocycles. The smallest absolute Gasteiger partial charge is 0.231 e. The number of hydrogen-bond acceptors (Lipinski definition) is 5. The third-order valence-electron chi connectivity index (χ3n) is 9.27. The van der Waals surface area contributed by atoms with Crippen molar-refractivity contribution in [2.45, 2.75) is 78.7 Å². The van der Waals surface area contributed by atoms with Crippen molar-refractivity contribution < 1.29 is 19.0 Å². The monoisotopic (exact) mass is 453 g/mol. The summed E-state index contributed by atoms with van der Waals surface area (Å²) in [6, 6.07) is 2.08. The van der Waals surface area contributed by atoms with Gasteiger partial charge in [-0.1, -0.05) is 38.8 Å². The maximum atomic E-state index is 14.1. The Morgan fingerprint density at radius 1 is 1.24 bits per heavy atom. The lowest BCUT2D eigenvalue weighted by Gasteiger charge is -2.48. The van der Waals surface area contributed by atoms with Gasteiger partial charge in [-0.05, 0) is 68.5 Å². The molecule has 2 aliphatic carbocycles. The van der Waals surface area contributed by atoms with Gasteiger partial charge < -0.3 is 14.2 Å². The highest BCUT2D eigenvalue weighted by Crippen LogP contribution is 2.56. The highest BCUT2D eigenvalue weighted by atomic mass is 16.7. The first-order chi connectivity index (χ1) is 15.7. The topological polar surface area (TPSA) is 48.0 Å². The SMILES string of the molecule is COc1c2c(cc3c1[C@H](CC(=O)[C@@]1(C)CC4=C(CCCC4(C)C)C[C@@H]1C)N(C)CC3)OCO2. The van der Waals surface area contributed by atoms with Crippen LogP contribution in [-0.2, 0) is 11.2 Å². The van der Waals surface area contributed by atoms with Crippen molar-refractivity contribution in [3.8, 4) is 17.2 Å². The number of hydrogen-bond donors (Lipinski definition) is 0. The van der Waals surface area contributed by atoms with Gasteiger partial charge in [0.15, 0.2) is 11.5 Å². The summed E-state index contributed by atoms with van der Waals surface area (Å²) >= 11 is 0. The Labute approximate surface area is 198 Å². The van der Waals surface area contributed by atoms with Crippen molar-refractivity contribution in [1.29, 1.82) is 0 Å². The number of benzene rings is 1. The van der Waals surface area contributed by atoms with Crippen molar-refractivity contribution in [2.75, 3.05) is 27.5 Å². The van der Waals surface area contributed by atoms with E-state index in [-0.39, 0.29) is 23.7 Å². The van der Waals surface area contributed by atoms with Crippen molar-refractivity contribution in [3.63, 3.8) is 0 Å². The van der Waals surface area contributed by atoms with Crippen LogP contribution in [0.15, 0.2) is 17.2 Å². The molecular formula is C28H39NO4. The fourth-order valence-corrected chi connectivity index (χ4v) is 6.82. The van der Waals surface area contributed by atoms with Crippen LogP contribution >= 0.6 is 0 Å². The van der Waals surface area contributed by atoms with E-state index in [0.717, 1.165) is 42.9 Å². The number of likely N-dealkylation sites (N-methyl/N-ethyl adjacent to an activating group) is 1. The van der Waals surface area contributed by atoms with Crippen LogP contribution < -0.4 is 14.2 Å². The second kappa shape index (κ2) is 8.04. The van der Waals surface area contributed by atoms with E-state index in [1.54, 1.807) is 18.3 Å². The van der Waals surface area contributed by atoms with Crippen LogP contribution in [0.4, 0.5) is 0 Å². The lowest BCUT2D eigenvalue weighted by Crippen LogP contribution is -2.43. The van der Waals surface area contributed by atoms with Gasteiger partial charge in [-0.3, -0.25) is 9.69 Å². The van der Waals surface area contributed by atoms with Crippen LogP contribution in [-0.4, -0.2) is 38.2 Å². The van der Waals surface area contributed by atoms with E-state index in [4.69, 9.17) is 14.2 Å². The molecule has 0 fully saturated rings. The zero-order valence-electron chi connectivity index (χ0n) is 21.2. The number of ether oxygens (including phenoxy) is 3. The molecule has 1 aromatic rings. The number of rotatable bonds is 4. The van der Waals surface area contributed by atoms with E-state index in [0.29, 0.717) is 23.9 Å². The van der Waals surface area contributed by atoms with Crippen LogP contribution in [0.1, 0.15) is 83.4 Å². The first-order valence-corrected chi connectivity index (χ1v) is 12.6. The molecule has 4 aliphatic rings. The lowest BCUT2D eigenvalue weighted by atomic mass is 9.56. The quantitative estimate of drug-likeness (QED) is 0.535. The predicted octanol–water partition coefficient (Wildman–Crippen LogP) is 5.86. The average molecular weight is 454 g/mol. The summed E-state index contributed by atoms with van der Waals surface area (Å²) in [6.45, 7) is 10.4. The van der Waals surface area contributed by atoms with Gasteiger partial charge in [0.25, 0.3) is 0 Å². The molecule has 180 valence electrons. The van der Waals surface area contributed by atoms with Crippen LogP contribution in [0.3, 0.4) is 0 Å². The van der Waals surface area contributed by atoms with Crippen molar-refractivity contribution in [1.82, 2.24) is 4.90 Å². The summed E-state index contributed by atoms with van der Waals surface area (Å²) in [7, 11) is 3.82. The Morgan fingerprint density at radius 3 is 2.79 bits per heavy atom. The number of Topliss-reactive ketones (excluding diaryl/α,β-unsaturated/α-hetero) is 1. The van der Waals surface area contributed by atoms with Gasteiger partial charge in [-0.15, -0.1) is 0 Å². The summed E-state index contributed by atoms with van der Waals surface area (Å²) in [6.07, 6.45) is 7.13. The van der Waals surface area contributed by atoms with Crippen LogP contribution in [0, 0.1) is 16.7 Å². The number of carbonyl (C=O) groups is 1. The maximum Gasteiger partial charge on any atom is 0.231 e. The molecule has 0 N–H and O–H groups in total. The second-order valence-electron chi connectivity index (χ2n) is 11.6. The van der Waals surface area contributed by atoms with Crippen LogP contribution in [0.5, 0.6) is 17.2 Å². The first-order valence-electron chi connectivity index (χ1n) is 12.6. The molecule has 0 amide bonds. The van der Waals surface area contributed by atoms with E-state index in [9.17, 15) is 4.79 Å². The zero-order valence-corrected chi connectivity index (χ0v) is 21.2. The van der Waals surface area contributed by atoms with Gasteiger partial charge in [0.2, 0.25) is 12.5 Å². The van der Waals surface area contributed by atoms with Crippen molar-refractivity contribution >= 4 is 5.78 Å². The Kier molecular flexibility index (Phi) is 5.55. The zero-order chi connectivity index (χ0) is 23.5. The number of fused-ring (bicyclic) bond motifs is 2. The van der Waals surface area contributed by atoms with Crippen LogP contribution in [0.25, 0.3) is 0 Å². The van der Waals surface area contributed by atoms with Crippen LogP contribution in [0.2, 0.25) is 0 Å². The van der Waals surface area contributed by atoms with Gasteiger partial charge in [-0.2, -0.15) is 0 Å². The second-order valence-corrected chi connectivity index (χ2v) is 11.6. The molecule has 3 atom stereocenters. The lowest BCUT2D eigenvalue weighted by molar-refractivity contribution is -0.132. The molecule has 0 bridgehead atoms. The normalized spacial score (nSPS) is 30.6. The number of nitrogens with zero attached hydrogens (tertiary/aromatic N) is 1. The molecule has 5 heteroatoms. The summed E-state index contributed by atoms with van der Waals surface area (Å²) in [4.78, 5) is 16.4. The van der Waals surface area contributed by atoms with Gasteiger partial charge >= 0.3 is 0 Å². The van der Waals surface area contributed by atoms with E-state index in [1.165, 1.54) is 24.8 Å². The Morgan fingerprint density at radius 2 is 2.03 bits per heavy atom. The molecule has 0 saturated heterocycles. The van der Waals surface area contributed by atoms with E-state index in [2.05, 4.69) is 45.7 Å². The van der Waals surface area contributed by atoms with Gasteiger partial charge in [0, 0.05) is 30.0 Å². The summed E-state index contributed by atoms with van der Waals surface area (Å²) < 4.78 is 17.3. The minimum absolute atomic E-state index is 0.00975. The highest BCUT2D eigenvalue weighted by Gasteiger charge is 2.48. The Hall–Kier alpha value is -2.01. The third kappa shape index (κ3) is 3.58. The fraction of sp³-hybridized carbons (Fsp3) is 0.679. The molecule has 5 rings (SSSR count). The minimum atomic E-state index is -0.324. The van der Waals surface area contributed by atoms with E-state index >= 15 is 0 Å². The predicted molar refractivity (Wildman–Crippen MR) is 129 cm³/mol. The molecular weight excluding hydrogens is 414 g/mol. The number of allylic oxidation sites excluding steroid dienone is 2. The van der Waals surface area contributed by atoms with E-state index < -0.39 is 0 Å². The molecule has 2 aliphatic heterocycles. The summed E-state index contributed by atoms with van der Waals surface area (Å²) in [5.74, 6) is 2.92. The molecule has 0 spiro atoms. The van der Waals surface area contributed by atoms with Gasteiger partial charge in [0.1, 0.15) is 5.78 Å². The van der Waals surface area contributed by atoms with Crippen molar-refractivity contribution in [2.24, 2.45) is 16.7 Å². The number of methoxy groups -OCH3 is 1. The van der Waals surface area contributed by atoms with E-state index in [1.807, 2.05) is 0 Å². The third-order valence-corrected chi connectivity index (χ3v) is 9.27. The Bertz CT molecular complexity index is 1010. The van der Waals surface area contributed by atoms with Crippen molar-refractivity contribution in [3.05, 3.63) is 28.3 Å². The maximum absolute atomic E-state index is 14.1. The molecule has 0 saturated carbocycles. The molecule has 5 nitrogen and oxygen atoms in total. The molecule has 0 radical (unpaired) electrons. The standard InChI is InChI=1S/C28H39NO4/c1-17-12-18-8-7-10-27(2,3)20(18)15-28(17,4)23(30)14-21-24-19(9-11-29(21)5)13-22-25(26(24)31-6)33-16-32-22/h13,17,21H,7-12,14-16H2,1-6H3/t17-,21-,28-/m0/s1. The highest BCUT2D eigenvalue weighted by molar-refractivity contribution is 5.86. The minimum Gasteiger partial charge on any atom is -0.492 e. The molecule has 2 heterocycles. The number of ketones is 1. The molecule has 33 heavy (non-hydrogen) atoms. The molecule has 1 aromatic carbocycles. The number of carbonyl (C=O) groups excluding carboxylic acids is 1. The summed E-state index contributed by atoms with van der Waals surface area (Å²) in [5.41, 5.74) is 5.42. The fourth-order valence-electron chi connectivity index (χ4n) is 6.82. The average Bonchev–Trinajstić information content (AvgIpc) is 3.23.